The number of aryl methyl sites for hydroxylation is 2. The average molecular weight is 416 g/mol. The summed E-state index contributed by atoms with van der Waals surface area (Å²) in [4.78, 5) is 17.1. The van der Waals surface area contributed by atoms with Gasteiger partial charge in [-0.15, -0.1) is 0 Å². The number of anilines is 1. The molecule has 7 nitrogen and oxygen atoms in total. The van der Waals surface area contributed by atoms with Crippen LogP contribution in [-0.4, -0.2) is 27.3 Å². The Kier molecular flexibility index (Phi) is 5.84. The first-order valence-corrected chi connectivity index (χ1v) is 10.1. The van der Waals surface area contributed by atoms with Gasteiger partial charge in [-0.1, -0.05) is 0 Å². The molecular formula is C24H24N4O3. The molecule has 0 fully saturated rings. The van der Waals surface area contributed by atoms with E-state index in [1.807, 2.05) is 62.1 Å². The van der Waals surface area contributed by atoms with Crippen LogP contribution in [0.4, 0.5) is 5.69 Å². The Morgan fingerprint density at radius 1 is 1.10 bits per heavy atom. The van der Waals surface area contributed by atoms with E-state index >= 15 is 0 Å². The Bertz CT molecular complexity index is 1170. The van der Waals surface area contributed by atoms with Crippen molar-refractivity contribution in [2.75, 3.05) is 11.9 Å². The van der Waals surface area contributed by atoms with Gasteiger partial charge in [-0.25, -0.2) is 4.98 Å². The fourth-order valence-corrected chi connectivity index (χ4v) is 3.17. The fourth-order valence-electron chi connectivity index (χ4n) is 3.17. The SMILES string of the molecule is CCOc1ccc(C(=O)Nc2ccc(-c3nc(Cn4cc(C)cn4)c(C)o3)cc2)cc1. The molecule has 0 aliphatic rings. The van der Waals surface area contributed by atoms with Crippen molar-refractivity contribution in [3.63, 3.8) is 0 Å². The quantitative estimate of drug-likeness (QED) is 0.465. The average Bonchev–Trinajstić information content (AvgIpc) is 3.35. The molecule has 4 rings (SSSR count). The Morgan fingerprint density at radius 2 is 1.84 bits per heavy atom. The number of aromatic nitrogens is 3. The third kappa shape index (κ3) is 4.83. The number of nitrogens with zero attached hydrogens (tertiary/aromatic N) is 3. The molecule has 31 heavy (non-hydrogen) atoms. The zero-order valence-corrected chi connectivity index (χ0v) is 17.8. The highest BCUT2D eigenvalue weighted by Crippen LogP contribution is 2.24. The summed E-state index contributed by atoms with van der Waals surface area (Å²) in [6.45, 7) is 6.96. The molecule has 2 aromatic heterocycles. The number of benzene rings is 2. The summed E-state index contributed by atoms with van der Waals surface area (Å²) < 4.78 is 13.1. The first kappa shape index (κ1) is 20.4. The third-order valence-corrected chi connectivity index (χ3v) is 4.78. The Morgan fingerprint density at radius 3 is 2.48 bits per heavy atom. The van der Waals surface area contributed by atoms with Crippen LogP contribution >= 0.6 is 0 Å². The molecule has 4 aromatic rings. The highest BCUT2D eigenvalue weighted by atomic mass is 16.5. The normalized spacial score (nSPS) is 10.8. The predicted molar refractivity (Wildman–Crippen MR) is 118 cm³/mol. The van der Waals surface area contributed by atoms with Crippen LogP contribution in [0.5, 0.6) is 5.75 Å². The van der Waals surface area contributed by atoms with E-state index in [2.05, 4.69) is 15.4 Å². The fraction of sp³-hybridized carbons (Fsp3) is 0.208. The van der Waals surface area contributed by atoms with Gasteiger partial charge in [0, 0.05) is 23.0 Å². The van der Waals surface area contributed by atoms with Gasteiger partial charge in [-0.05, 0) is 74.9 Å². The van der Waals surface area contributed by atoms with Gasteiger partial charge in [0.2, 0.25) is 5.89 Å². The maximum Gasteiger partial charge on any atom is 0.255 e. The second-order valence-electron chi connectivity index (χ2n) is 7.23. The molecule has 0 radical (unpaired) electrons. The van der Waals surface area contributed by atoms with Gasteiger partial charge >= 0.3 is 0 Å². The number of carbonyl (C=O) groups is 1. The van der Waals surface area contributed by atoms with Gasteiger partial charge in [0.15, 0.2) is 0 Å². The van der Waals surface area contributed by atoms with E-state index in [1.165, 1.54) is 0 Å². The van der Waals surface area contributed by atoms with Gasteiger partial charge in [0.25, 0.3) is 5.91 Å². The van der Waals surface area contributed by atoms with Crippen molar-refractivity contribution in [2.24, 2.45) is 0 Å². The van der Waals surface area contributed by atoms with Crippen LogP contribution in [0.2, 0.25) is 0 Å². The molecule has 0 saturated carbocycles. The zero-order valence-electron chi connectivity index (χ0n) is 17.8. The van der Waals surface area contributed by atoms with Crippen LogP contribution in [0.25, 0.3) is 11.5 Å². The largest absolute Gasteiger partial charge is 0.494 e. The predicted octanol–water partition coefficient (Wildman–Crippen LogP) is 4.85. The smallest absolute Gasteiger partial charge is 0.255 e. The van der Waals surface area contributed by atoms with Crippen molar-refractivity contribution in [3.05, 3.63) is 83.5 Å². The number of hydrogen-bond acceptors (Lipinski definition) is 5. The van der Waals surface area contributed by atoms with Crippen molar-refractivity contribution in [1.29, 1.82) is 0 Å². The molecule has 0 aliphatic carbocycles. The molecule has 0 spiro atoms. The van der Waals surface area contributed by atoms with E-state index in [0.29, 0.717) is 30.3 Å². The maximum absolute atomic E-state index is 12.5. The minimum atomic E-state index is -0.181. The highest BCUT2D eigenvalue weighted by Gasteiger charge is 2.13. The van der Waals surface area contributed by atoms with Crippen molar-refractivity contribution in [1.82, 2.24) is 14.8 Å². The number of nitrogens with one attached hydrogen (secondary N) is 1. The number of rotatable bonds is 7. The second-order valence-corrected chi connectivity index (χ2v) is 7.23. The van der Waals surface area contributed by atoms with E-state index in [-0.39, 0.29) is 5.91 Å². The summed E-state index contributed by atoms with van der Waals surface area (Å²) in [6.07, 6.45) is 3.78. The van der Waals surface area contributed by atoms with Crippen LogP contribution in [0, 0.1) is 13.8 Å². The van der Waals surface area contributed by atoms with Gasteiger partial charge in [-0.3, -0.25) is 9.48 Å². The van der Waals surface area contributed by atoms with Crippen LogP contribution in [0.3, 0.4) is 0 Å². The lowest BCUT2D eigenvalue weighted by molar-refractivity contribution is 0.102. The lowest BCUT2D eigenvalue weighted by Crippen LogP contribution is -2.11. The minimum absolute atomic E-state index is 0.181. The lowest BCUT2D eigenvalue weighted by Gasteiger charge is -2.07. The summed E-state index contributed by atoms with van der Waals surface area (Å²) in [6, 6.07) is 14.5. The minimum Gasteiger partial charge on any atom is -0.494 e. The van der Waals surface area contributed by atoms with Gasteiger partial charge < -0.3 is 14.5 Å². The summed E-state index contributed by atoms with van der Waals surface area (Å²) in [7, 11) is 0. The van der Waals surface area contributed by atoms with Gasteiger partial charge in [0.05, 0.1) is 19.3 Å². The molecular weight excluding hydrogens is 392 g/mol. The van der Waals surface area contributed by atoms with Crippen molar-refractivity contribution >= 4 is 11.6 Å². The molecule has 158 valence electrons. The molecule has 1 amide bonds. The van der Waals surface area contributed by atoms with E-state index in [9.17, 15) is 4.79 Å². The Hall–Kier alpha value is -3.87. The monoisotopic (exact) mass is 416 g/mol. The number of ether oxygens (including phenoxy) is 1. The standard InChI is InChI=1S/C24H24N4O3/c1-4-30-21-11-7-18(8-12-21)23(29)26-20-9-5-19(6-10-20)24-27-22(17(3)31-24)15-28-14-16(2)13-25-28/h5-14H,4,15H2,1-3H3,(H,26,29). The summed E-state index contributed by atoms with van der Waals surface area (Å²) >= 11 is 0. The van der Waals surface area contributed by atoms with Crippen molar-refractivity contribution < 1.29 is 13.9 Å². The van der Waals surface area contributed by atoms with Crippen molar-refractivity contribution in [2.45, 2.75) is 27.3 Å². The zero-order chi connectivity index (χ0) is 21.8. The number of amides is 1. The van der Waals surface area contributed by atoms with Gasteiger partial charge in [0.1, 0.15) is 17.2 Å². The number of hydrogen-bond donors (Lipinski definition) is 1. The summed E-state index contributed by atoms with van der Waals surface area (Å²) in [5, 5.41) is 7.20. The maximum atomic E-state index is 12.5. The molecule has 0 saturated heterocycles. The van der Waals surface area contributed by atoms with E-state index in [1.54, 1.807) is 24.3 Å². The molecule has 0 unspecified atom stereocenters. The number of oxazole rings is 1. The van der Waals surface area contributed by atoms with E-state index in [4.69, 9.17) is 9.15 Å². The molecule has 0 atom stereocenters. The van der Waals surface area contributed by atoms with Gasteiger partial charge in [-0.2, -0.15) is 5.10 Å². The molecule has 1 N–H and O–H groups in total. The first-order chi connectivity index (χ1) is 15.0. The molecule has 2 aromatic carbocycles. The lowest BCUT2D eigenvalue weighted by atomic mass is 10.1. The van der Waals surface area contributed by atoms with Crippen molar-refractivity contribution in [3.8, 4) is 17.2 Å². The van der Waals surface area contributed by atoms with E-state index < -0.39 is 0 Å². The topological polar surface area (TPSA) is 82.2 Å². The van der Waals surface area contributed by atoms with Crippen LogP contribution in [0.15, 0.2) is 65.3 Å². The third-order valence-electron chi connectivity index (χ3n) is 4.78. The first-order valence-electron chi connectivity index (χ1n) is 10.1. The highest BCUT2D eigenvalue weighted by molar-refractivity contribution is 6.04. The number of carbonyl (C=O) groups excluding carboxylic acids is 1. The molecule has 0 bridgehead atoms. The van der Waals surface area contributed by atoms with Crippen LogP contribution in [0.1, 0.15) is 34.3 Å². The Balaban J connectivity index is 1.43. The molecule has 7 heteroatoms. The Labute approximate surface area is 180 Å². The molecule has 0 aliphatic heterocycles. The van der Waals surface area contributed by atoms with Crippen LogP contribution < -0.4 is 10.1 Å². The van der Waals surface area contributed by atoms with E-state index in [0.717, 1.165) is 28.3 Å². The summed E-state index contributed by atoms with van der Waals surface area (Å²) in [5.74, 6) is 1.86. The second kappa shape index (κ2) is 8.87. The molecule has 2 heterocycles. The summed E-state index contributed by atoms with van der Waals surface area (Å²) in [5.41, 5.74) is 4.03. The van der Waals surface area contributed by atoms with Crippen LogP contribution in [-0.2, 0) is 6.54 Å².